The fourth-order valence-corrected chi connectivity index (χ4v) is 2.57. The summed E-state index contributed by atoms with van der Waals surface area (Å²) in [5, 5.41) is 3.90. The molecule has 0 bridgehead atoms. The van der Waals surface area contributed by atoms with Crippen molar-refractivity contribution >= 4 is 18.3 Å². The van der Waals surface area contributed by atoms with E-state index in [-0.39, 0.29) is 42.9 Å². The number of aromatic nitrogens is 2. The summed E-state index contributed by atoms with van der Waals surface area (Å²) in [6.07, 6.45) is -0.242. The van der Waals surface area contributed by atoms with Crippen molar-refractivity contribution in [3.05, 3.63) is 47.6 Å². The smallest absolute Gasteiger partial charge is 0.246 e. The maximum absolute atomic E-state index is 12.6. The van der Waals surface area contributed by atoms with E-state index >= 15 is 0 Å². The SMILES string of the molecule is CCOC(C)c1noc(CN(C)C(=O)C(C)C(N)c2ccccc2)n1.Cl. The number of carbonyl (C=O) groups is 1. The minimum absolute atomic E-state index is 0. The molecule has 8 heteroatoms. The number of nitrogens with zero attached hydrogens (tertiary/aromatic N) is 3. The number of halogens is 1. The molecule has 0 saturated heterocycles. The number of ether oxygens (including phenoxy) is 1. The highest BCUT2D eigenvalue weighted by Crippen LogP contribution is 2.21. The molecule has 7 nitrogen and oxygen atoms in total. The first-order valence-electron chi connectivity index (χ1n) is 8.43. The van der Waals surface area contributed by atoms with E-state index in [1.807, 2.05) is 51.1 Å². The molecule has 1 amide bonds. The molecule has 3 atom stereocenters. The van der Waals surface area contributed by atoms with E-state index in [1.165, 1.54) is 0 Å². The van der Waals surface area contributed by atoms with E-state index in [0.717, 1.165) is 5.56 Å². The molecule has 0 fully saturated rings. The van der Waals surface area contributed by atoms with Crippen molar-refractivity contribution < 1.29 is 14.1 Å². The molecule has 2 rings (SSSR count). The maximum atomic E-state index is 12.6. The van der Waals surface area contributed by atoms with Gasteiger partial charge in [0.2, 0.25) is 11.8 Å². The molecule has 0 aliphatic rings. The number of rotatable bonds is 8. The first kappa shape index (κ1) is 22.1. The predicted octanol–water partition coefficient (Wildman–Crippen LogP) is 2.88. The van der Waals surface area contributed by atoms with Crippen LogP contribution in [-0.2, 0) is 16.1 Å². The third-order valence-electron chi connectivity index (χ3n) is 4.13. The summed E-state index contributed by atoms with van der Waals surface area (Å²) >= 11 is 0. The van der Waals surface area contributed by atoms with Crippen molar-refractivity contribution in [1.82, 2.24) is 15.0 Å². The summed E-state index contributed by atoms with van der Waals surface area (Å²) in [6, 6.07) is 9.23. The van der Waals surface area contributed by atoms with E-state index in [0.29, 0.717) is 18.3 Å². The van der Waals surface area contributed by atoms with Crippen LogP contribution in [0.5, 0.6) is 0 Å². The lowest BCUT2D eigenvalue weighted by Crippen LogP contribution is -2.36. The van der Waals surface area contributed by atoms with Crippen LogP contribution in [0.4, 0.5) is 0 Å². The van der Waals surface area contributed by atoms with Crippen LogP contribution in [0.15, 0.2) is 34.9 Å². The Balaban J connectivity index is 0.00000338. The van der Waals surface area contributed by atoms with Crippen molar-refractivity contribution in [3.8, 4) is 0 Å². The number of benzene rings is 1. The van der Waals surface area contributed by atoms with E-state index in [1.54, 1.807) is 11.9 Å². The standard InChI is InChI=1S/C18H26N4O3.ClH/c1-5-24-13(3)17-20-15(25-21-17)11-22(4)18(23)12(2)16(19)14-9-7-6-8-10-14;/h6-10,12-13,16H,5,11,19H2,1-4H3;1H. The maximum Gasteiger partial charge on any atom is 0.246 e. The molecular weight excluding hydrogens is 356 g/mol. The summed E-state index contributed by atoms with van der Waals surface area (Å²) in [4.78, 5) is 18.5. The Labute approximate surface area is 160 Å². The lowest BCUT2D eigenvalue weighted by molar-refractivity contribution is -0.135. The molecule has 0 spiro atoms. The Hall–Kier alpha value is -1.96. The Morgan fingerprint density at radius 2 is 1.96 bits per heavy atom. The average molecular weight is 383 g/mol. The third kappa shape index (κ3) is 5.52. The van der Waals surface area contributed by atoms with Crippen LogP contribution < -0.4 is 5.73 Å². The van der Waals surface area contributed by atoms with E-state index in [4.69, 9.17) is 15.0 Å². The largest absolute Gasteiger partial charge is 0.371 e. The van der Waals surface area contributed by atoms with Crippen molar-refractivity contribution in [3.63, 3.8) is 0 Å². The van der Waals surface area contributed by atoms with Crippen LogP contribution in [0, 0.1) is 5.92 Å². The first-order chi connectivity index (χ1) is 11.9. The fraction of sp³-hybridized carbons (Fsp3) is 0.500. The highest BCUT2D eigenvalue weighted by atomic mass is 35.5. The Bertz CT molecular complexity index is 680. The quantitative estimate of drug-likeness (QED) is 0.754. The van der Waals surface area contributed by atoms with Crippen LogP contribution in [0.25, 0.3) is 0 Å². The van der Waals surface area contributed by atoms with Gasteiger partial charge in [0, 0.05) is 19.7 Å². The zero-order chi connectivity index (χ0) is 18.4. The van der Waals surface area contributed by atoms with Crippen LogP contribution in [0.1, 0.15) is 50.2 Å². The topological polar surface area (TPSA) is 94.5 Å². The van der Waals surface area contributed by atoms with E-state index < -0.39 is 0 Å². The van der Waals surface area contributed by atoms with Gasteiger partial charge in [0.25, 0.3) is 0 Å². The number of amides is 1. The van der Waals surface area contributed by atoms with Gasteiger partial charge in [-0.1, -0.05) is 42.4 Å². The first-order valence-corrected chi connectivity index (χ1v) is 8.43. The highest BCUT2D eigenvalue weighted by molar-refractivity contribution is 5.85. The fourth-order valence-electron chi connectivity index (χ4n) is 2.57. The second-order valence-corrected chi connectivity index (χ2v) is 6.06. The summed E-state index contributed by atoms with van der Waals surface area (Å²) in [5.74, 6) is 0.413. The molecule has 144 valence electrons. The summed E-state index contributed by atoms with van der Waals surface area (Å²) in [5.41, 5.74) is 7.17. The van der Waals surface area contributed by atoms with Gasteiger partial charge in [0.15, 0.2) is 5.82 Å². The second kappa shape index (κ2) is 10.3. The number of hydrogen-bond donors (Lipinski definition) is 1. The van der Waals surface area contributed by atoms with Crippen molar-refractivity contribution in [1.29, 1.82) is 0 Å². The van der Waals surface area contributed by atoms with Crippen LogP contribution in [-0.4, -0.2) is 34.6 Å². The number of carbonyl (C=O) groups excluding carboxylic acids is 1. The Kier molecular flexibility index (Phi) is 8.71. The molecule has 0 saturated carbocycles. The summed E-state index contributed by atoms with van der Waals surface area (Å²) < 4.78 is 10.6. The molecule has 2 N–H and O–H groups in total. The van der Waals surface area contributed by atoms with Gasteiger partial charge >= 0.3 is 0 Å². The normalized spacial score (nSPS) is 14.2. The molecule has 1 aromatic carbocycles. The summed E-state index contributed by atoms with van der Waals surface area (Å²) in [6.45, 7) is 6.39. The van der Waals surface area contributed by atoms with Crippen molar-refractivity contribution in [2.45, 2.75) is 39.5 Å². The minimum atomic E-state index is -0.368. The monoisotopic (exact) mass is 382 g/mol. The lowest BCUT2D eigenvalue weighted by atomic mass is 9.94. The molecule has 3 unspecified atom stereocenters. The van der Waals surface area contributed by atoms with Gasteiger partial charge < -0.3 is 19.9 Å². The number of nitrogens with two attached hydrogens (primary N) is 1. The molecule has 1 aromatic heterocycles. The highest BCUT2D eigenvalue weighted by Gasteiger charge is 2.26. The van der Waals surface area contributed by atoms with Gasteiger partial charge in [0.05, 0.1) is 12.5 Å². The average Bonchev–Trinajstić information content (AvgIpc) is 3.09. The van der Waals surface area contributed by atoms with Crippen LogP contribution in [0.2, 0.25) is 0 Å². The molecule has 0 radical (unpaired) electrons. The lowest BCUT2D eigenvalue weighted by Gasteiger charge is -2.24. The molecule has 1 heterocycles. The van der Waals surface area contributed by atoms with Gasteiger partial charge in [-0.3, -0.25) is 4.79 Å². The van der Waals surface area contributed by atoms with E-state index in [9.17, 15) is 4.79 Å². The zero-order valence-corrected chi connectivity index (χ0v) is 16.4. The van der Waals surface area contributed by atoms with Crippen molar-refractivity contribution in [2.75, 3.05) is 13.7 Å². The predicted molar refractivity (Wildman–Crippen MR) is 101 cm³/mol. The molecule has 2 aromatic rings. The zero-order valence-electron chi connectivity index (χ0n) is 15.6. The van der Waals surface area contributed by atoms with Crippen LogP contribution >= 0.6 is 12.4 Å². The van der Waals surface area contributed by atoms with E-state index in [2.05, 4.69) is 10.1 Å². The molecular formula is C18H27ClN4O3. The Morgan fingerprint density at radius 1 is 1.31 bits per heavy atom. The Morgan fingerprint density at radius 3 is 2.58 bits per heavy atom. The third-order valence-corrected chi connectivity index (χ3v) is 4.13. The minimum Gasteiger partial charge on any atom is -0.371 e. The van der Waals surface area contributed by atoms with Gasteiger partial charge in [-0.05, 0) is 19.4 Å². The van der Waals surface area contributed by atoms with Gasteiger partial charge in [0.1, 0.15) is 6.10 Å². The second-order valence-electron chi connectivity index (χ2n) is 6.06. The molecule has 26 heavy (non-hydrogen) atoms. The van der Waals surface area contributed by atoms with Gasteiger partial charge in [-0.15, -0.1) is 12.4 Å². The summed E-state index contributed by atoms with van der Waals surface area (Å²) in [7, 11) is 1.70. The van der Waals surface area contributed by atoms with Gasteiger partial charge in [-0.25, -0.2) is 0 Å². The number of hydrogen-bond acceptors (Lipinski definition) is 6. The van der Waals surface area contributed by atoms with Crippen LogP contribution in [0.3, 0.4) is 0 Å². The molecule has 0 aliphatic heterocycles. The molecule has 0 aliphatic carbocycles. The van der Waals surface area contributed by atoms with Crippen molar-refractivity contribution in [2.24, 2.45) is 11.7 Å². The van der Waals surface area contributed by atoms with Gasteiger partial charge in [-0.2, -0.15) is 4.98 Å².